The lowest BCUT2D eigenvalue weighted by atomic mass is 10.2. The number of ether oxygens (including phenoxy) is 3. The lowest BCUT2D eigenvalue weighted by Crippen LogP contribution is -2.17. The highest BCUT2D eigenvalue weighted by Crippen LogP contribution is 2.17. The van der Waals surface area contributed by atoms with Gasteiger partial charge in [0, 0.05) is 5.56 Å². The maximum absolute atomic E-state index is 12.4. The van der Waals surface area contributed by atoms with E-state index in [2.05, 4.69) is 10.5 Å². The molecule has 4 aromatic rings. The SMILES string of the molecule is CCCOc1ccc(C(=O)Oc2ccc(/C=N\NC(=O)c3ccc(OCc4ccc(C)cc4)cc3)cc2)cc1. The number of esters is 1. The fourth-order valence-electron chi connectivity index (χ4n) is 3.48. The predicted molar refractivity (Wildman–Crippen MR) is 151 cm³/mol. The Morgan fingerprint density at radius 2 is 1.33 bits per heavy atom. The van der Waals surface area contributed by atoms with Crippen LogP contribution in [0.25, 0.3) is 0 Å². The molecule has 0 radical (unpaired) electrons. The first kappa shape index (κ1) is 27.1. The minimum absolute atomic E-state index is 0.340. The predicted octanol–water partition coefficient (Wildman–Crippen LogP) is 6.35. The molecule has 0 atom stereocenters. The summed E-state index contributed by atoms with van der Waals surface area (Å²) in [4.78, 5) is 24.8. The molecule has 0 unspecified atom stereocenters. The summed E-state index contributed by atoms with van der Waals surface area (Å²) < 4.78 is 16.7. The normalized spacial score (nSPS) is 10.7. The molecule has 0 spiro atoms. The molecule has 0 aliphatic rings. The van der Waals surface area contributed by atoms with Crippen LogP contribution in [0.5, 0.6) is 17.2 Å². The van der Waals surface area contributed by atoms with Crippen molar-refractivity contribution in [1.82, 2.24) is 5.43 Å². The van der Waals surface area contributed by atoms with Crippen molar-refractivity contribution in [3.05, 3.63) is 125 Å². The molecule has 0 heterocycles. The first-order valence-electron chi connectivity index (χ1n) is 12.7. The van der Waals surface area contributed by atoms with E-state index in [0.29, 0.717) is 41.6 Å². The van der Waals surface area contributed by atoms with Crippen LogP contribution in [0.1, 0.15) is 50.8 Å². The van der Waals surface area contributed by atoms with Crippen molar-refractivity contribution in [2.24, 2.45) is 5.10 Å². The average Bonchev–Trinajstić information content (AvgIpc) is 2.97. The van der Waals surface area contributed by atoms with E-state index < -0.39 is 5.97 Å². The Balaban J connectivity index is 1.23. The lowest BCUT2D eigenvalue weighted by molar-refractivity contribution is 0.0734. The lowest BCUT2D eigenvalue weighted by Gasteiger charge is -2.07. The molecule has 0 aliphatic heterocycles. The van der Waals surface area contributed by atoms with E-state index in [1.54, 1.807) is 72.8 Å². The number of carbonyl (C=O) groups excluding carboxylic acids is 2. The van der Waals surface area contributed by atoms with Crippen molar-refractivity contribution in [2.45, 2.75) is 26.9 Å². The summed E-state index contributed by atoms with van der Waals surface area (Å²) in [5, 5.41) is 4.02. The highest BCUT2D eigenvalue weighted by molar-refractivity contribution is 5.95. The Labute approximate surface area is 228 Å². The van der Waals surface area contributed by atoms with Gasteiger partial charge < -0.3 is 14.2 Å². The van der Waals surface area contributed by atoms with Gasteiger partial charge in [0.05, 0.1) is 18.4 Å². The number of hydrogen-bond acceptors (Lipinski definition) is 6. The monoisotopic (exact) mass is 522 g/mol. The van der Waals surface area contributed by atoms with Gasteiger partial charge in [0.25, 0.3) is 5.91 Å². The highest BCUT2D eigenvalue weighted by Gasteiger charge is 2.09. The highest BCUT2D eigenvalue weighted by atomic mass is 16.5. The second kappa shape index (κ2) is 13.6. The Morgan fingerprint density at radius 3 is 1.97 bits per heavy atom. The standard InChI is InChI=1S/C32H30N2O5/c1-3-20-37-28-18-12-27(13-19-28)32(36)39-30-14-8-24(9-15-30)21-33-34-31(35)26-10-16-29(17-11-26)38-22-25-6-4-23(2)5-7-25/h4-19,21H,3,20,22H2,1-2H3,(H,34,35)/b33-21-. The largest absolute Gasteiger partial charge is 0.494 e. The average molecular weight is 523 g/mol. The molecule has 0 aromatic heterocycles. The second-order valence-electron chi connectivity index (χ2n) is 8.83. The molecule has 0 bridgehead atoms. The van der Waals surface area contributed by atoms with E-state index >= 15 is 0 Å². The van der Waals surface area contributed by atoms with Gasteiger partial charge in [-0.3, -0.25) is 4.79 Å². The molecule has 7 heteroatoms. The summed E-state index contributed by atoms with van der Waals surface area (Å²) in [6.07, 6.45) is 2.42. The number of hydrazone groups is 1. The number of rotatable bonds is 11. The van der Waals surface area contributed by atoms with E-state index in [4.69, 9.17) is 14.2 Å². The minimum Gasteiger partial charge on any atom is -0.494 e. The van der Waals surface area contributed by atoms with Gasteiger partial charge in [0.2, 0.25) is 0 Å². The molecule has 0 fully saturated rings. The third kappa shape index (κ3) is 8.30. The van der Waals surface area contributed by atoms with Crippen molar-refractivity contribution in [2.75, 3.05) is 6.61 Å². The summed E-state index contributed by atoms with van der Waals surface area (Å²) in [5.74, 6) is 0.987. The number of aryl methyl sites for hydroxylation is 1. The van der Waals surface area contributed by atoms with Gasteiger partial charge in [0.15, 0.2) is 0 Å². The molecule has 0 aliphatic carbocycles. The third-order valence-electron chi connectivity index (χ3n) is 5.68. The molecule has 1 amide bonds. The first-order chi connectivity index (χ1) is 19.0. The van der Waals surface area contributed by atoms with Gasteiger partial charge in [-0.1, -0.05) is 36.8 Å². The molecule has 198 valence electrons. The maximum Gasteiger partial charge on any atom is 0.343 e. The van der Waals surface area contributed by atoms with Crippen molar-refractivity contribution in [3.8, 4) is 17.2 Å². The third-order valence-corrected chi connectivity index (χ3v) is 5.68. The van der Waals surface area contributed by atoms with Crippen LogP contribution >= 0.6 is 0 Å². The van der Waals surface area contributed by atoms with Crippen molar-refractivity contribution >= 4 is 18.1 Å². The number of amides is 1. The van der Waals surface area contributed by atoms with E-state index in [9.17, 15) is 9.59 Å². The molecule has 0 saturated carbocycles. The molecule has 4 rings (SSSR count). The van der Waals surface area contributed by atoms with Crippen LogP contribution in [0.2, 0.25) is 0 Å². The number of nitrogens with one attached hydrogen (secondary N) is 1. The van der Waals surface area contributed by atoms with Crippen molar-refractivity contribution < 1.29 is 23.8 Å². The molecule has 0 saturated heterocycles. The van der Waals surface area contributed by atoms with Crippen molar-refractivity contribution in [1.29, 1.82) is 0 Å². The van der Waals surface area contributed by atoms with E-state index in [0.717, 1.165) is 17.5 Å². The minimum atomic E-state index is -0.461. The van der Waals surface area contributed by atoms with Gasteiger partial charge in [-0.05, 0) is 97.3 Å². The fraction of sp³-hybridized carbons (Fsp3) is 0.156. The van der Waals surface area contributed by atoms with Crippen LogP contribution in [0.15, 0.2) is 102 Å². The van der Waals surface area contributed by atoms with E-state index in [1.165, 1.54) is 11.8 Å². The smallest absolute Gasteiger partial charge is 0.343 e. The summed E-state index contributed by atoms with van der Waals surface area (Å²) in [6.45, 7) is 5.15. The zero-order chi connectivity index (χ0) is 27.5. The van der Waals surface area contributed by atoms with Crippen LogP contribution < -0.4 is 19.6 Å². The van der Waals surface area contributed by atoms with Gasteiger partial charge in [-0.25, -0.2) is 10.2 Å². The number of hydrogen-bond donors (Lipinski definition) is 1. The Bertz CT molecular complexity index is 1400. The number of nitrogens with zero attached hydrogens (tertiary/aromatic N) is 1. The summed E-state index contributed by atoms with van der Waals surface area (Å²) >= 11 is 0. The van der Waals surface area contributed by atoms with Crippen LogP contribution in [0, 0.1) is 6.92 Å². The molecular weight excluding hydrogens is 492 g/mol. The van der Waals surface area contributed by atoms with Gasteiger partial charge in [-0.2, -0.15) is 5.10 Å². The first-order valence-corrected chi connectivity index (χ1v) is 12.7. The zero-order valence-corrected chi connectivity index (χ0v) is 21.9. The zero-order valence-electron chi connectivity index (χ0n) is 21.9. The van der Waals surface area contributed by atoms with Crippen LogP contribution in [0.4, 0.5) is 0 Å². The molecule has 39 heavy (non-hydrogen) atoms. The van der Waals surface area contributed by atoms with Gasteiger partial charge in [0.1, 0.15) is 23.9 Å². The van der Waals surface area contributed by atoms with Crippen LogP contribution in [-0.2, 0) is 6.61 Å². The number of benzene rings is 4. The van der Waals surface area contributed by atoms with Crippen LogP contribution in [-0.4, -0.2) is 24.7 Å². The summed E-state index contributed by atoms with van der Waals surface area (Å²) in [6, 6.07) is 28.6. The molecule has 7 nitrogen and oxygen atoms in total. The Morgan fingerprint density at radius 1 is 0.744 bits per heavy atom. The quantitative estimate of drug-likeness (QED) is 0.107. The fourth-order valence-corrected chi connectivity index (χ4v) is 3.48. The Hall–Kier alpha value is -4.91. The summed E-state index contributed by atoms with van der Waals surface area (Å²) in [5.41, 5.74) is 6.40. The number of carbonyl (C=O) groups is 2. The van der Waals surface area contributed by atoms with Gasteiger partial charge >= 0.3 is 5.97 Å². The van der Waals surface area contributed by atoms with E-state index in [1.807, 2.05) is 38.1 Å². The van der Waals surface area contributed by atoms with Crippen LogP contribution in [0.3, 0.4) is 0 Å². The second-order valence-corrected chi connectivity index (χ2v) is 8.83. The maximum atomic E-state index is 12.4. The van der Waals surface area contributed by atoms with E-state index in [-0.39, 0.29) is 5.91 Å². The molecule has 4 aromatic carbocycles. The molecular formula is C32H30N2O5. The summed E-state index contributed by atoms with van der Waals surface area (Å²) in [7, 11) is 0. The molecule has 1 N–H and O–H groups in total. The van der Waals surface area contributed by atoms with Crippen molar-refractivity contribution in [3.63, 3.8) is 0 Å². The Kier molecular flexibility index (Phi) is 9.45. The van der Waals surface area contributed by atoms with Gasteiger partial charge in [-0.15, -0.1) is 0 Å². The topological polar surface area (TPSA) is 86.2 Å².